The van der Waals surface area contributed by atoms with Gasteiger partial charge in [0.2, 0.25) is 5.91 Å². The largest absolute Gasteiger partial charge is 0.344 e. The lowest BCUT2D eigenvalue weighted by atomic mass is 10.1. The van der Waals surface area contributed by atoms with Crippen LogP contribution in [0.25, 0.3) is 0 Å². The van der Waals surface area contributed by atoms with Gasteiger partial charge in [0.25, 0.3) is 0 Å². The van der Waals surface area contributed by atoms with Crippen LogP contribution in [-0.4, -0.2) is 66.9 Å². The fourth-order valence-electron chi connectivity index (χ4n) is 4.32. The van der Waals surface area contributed by atoms with Gasteiger partial charge in [-0.15, -0.1) is 0 Å². The molecule has 26 heavy (non-hydrogen) atoms. The molecule has 1 aromatic rings. The smallest absolute Gasteiger partial charge is 0.236 e. The summed E-state index contributed by atoms with van der Waals surface area (Å²) >= 11 is 0. The highest BCUT2D eigenvalue weighted by Gasteiger charge is 2.25. The van der Waals surface area contributed by atoms with E-state index in [0.29, 0.717) is 18.4 Å². The van der Waals surface area contributed by atoms with E-state index in [1.165, 1.54) is 44.1 Å². The van der Waals surface area contributed by atoms with Crippen molar-refractivity contribution in [3.63, 3.8) is 0 Å². The van der Waals surface area contributed by atoms with Gasteiger partial charge in [0.1, 0.15) is 0 Å². The molecular weight excluding hydrogens is 322 g/mol. The van der Waals surface area contributed by atoms with Gasteiger partial charge >= 0.3 is 0 Å². The Kier molecular flexibility index (Phi) is 7.51. The molecule has 1 amide bonds. The number of rotatable bonds is 6. The molecule has 4 heteroatoms. The molecule has 0 N–H and O–H groups in total. The molecule has 0 aromatic heterocycles. The van der Waals surface area contributed by atoms with E-state index < -0.39 is 0 Å². The predicted molar refractivity (Wildman–Crippen MR) is 107 cm³/mol. The van der Waals surface area contributed by atoms with Crippen molar-refractivity contribution in [1.29, 1.82) is 0 Å². The van der Waals surface area contributed by atoms with Crippen molar-refractivity contribution < 1.29 is 4.79 Å². The fourth-order valence-corrected chi connectivity index (χ4v) is 4.32. The Morgan fingerprint density at radius 1 is 1.00 bits per heavy atom. The van der Waals surface area contributed by atoms with Crippen LogP contribution < -0.4 is 0 Å². The lowest BCUT2D eigenvalue weighted by molar-refractivity contribution is -0.131. The van der Waals surface area contributed by atoms with E-state index in [-0.39, 0.29) is 0 Å². The van der Waals surface area contributed by atoms with Crippen LogP contribution in [0.5, 0.6) is 0 Å². The van der Waals surface area contributed by atoms with Crippen LogP contribution in [0.3, 0.4) is 0 Å². The highest BCUT2D eigenvalue weighted by Crippen LogP contribution is 2.19. The molecule has 4 nitrogen and oxygen atoms in total. The summed E-state index contributed by atoms with van der Waals surface area (Å²) in [4.78, 5) is 19.5. The van der Waals surface area contributed by atoms with Crippen LogP contribution >= 0.6 is 0 Å². The number of benzene rings is 1. The van der Waals surface area contributed by atoms with Crippen LogP contribution in [0.4, 0.5) is 0 Å². The average Bonchev–Trinajstić information content (AvgIpc) is 3.04. The molecule has 1 aromatic carbocycles. The zero-order chi connectivity index (χ0) is 18.2. The van der Waals surface area contributed by atoms with Gasteiger partial charge in [-0.05, 0) is 50.4 Å². The normalized spacial score (nSPS) is 22.7. The van der Waals surface area contributed by atoms with Gasteiger partial charge in [0.15, 0.2) is 0 Å². The van der Waals surface area contributed by atoms with Gasteiger partial charge in [-0.2, -0.15) is 0 Å². The number of carbonyl (C=O) groups excluding carboxylic acids is 1. The van der Waals surface area contributed by atoms with Crippen LogP contribution in [0.15, 0.2) is 30.3 Å². The average molecular weight is 358 g/mol. The summed E-state index contributed by atoms with van der Waals surface area (Å²) in [6, 6.07) is 10.7. The van der Waals surface area contributed by atoms with Gasteiger partial charge in [-0.25, -0.2) is 0 Å². The molecule has 1 atom stereocenters. The number of likely N-dealkylation sites (N-methyl/N-ethyl adjacent to an activating group) is 1. The maximum Gasteiger partial charge on any atom is 0.236 e. The molecular formula is C22H35N3O. The van der Waals surface area contributed by atoms with Crippen LogP contribution in [0.1, 0.15) is 44.1 Å². The molecule has 0 bridgehead atoms. The molecule has 144 valence electrons. The van der Waals surface area contributed by atoms with Gasteiger partial charge < -0.3 is 4.90 Å². The summed E-state index contributed by atoms with van der Waals surface area (Å²) in [6.45, 7) is 6.98. The van der Waals surface area contributed by atoms with Crippen LogP contribution in [0, 0.1) is 5.92 Å². The maximum atomic E-state index is 12.6. The molecule has 2 aliphatic rings. The lowest BCUT2D eigenvalue weighted by Gasteiger charge is -2.27. The molecule has 2 saturated heterocycles. The van der Waals surface area contributed by atoms with Crippen molar-refractivity contribution in [2.45, 2.75) is 45.1 Å². The molecule has 0 saturated carbocycles. The van der Waals surface area contributed by atoms with Crippen LogP contribution in [0.2, 0.25) is 0 Å². The maximum absolute atomic E-state index is 12.6. The third kappa shape index (κ3) is 6.10. The molecule has 3 rings (SSSR count). The first-order chi connectivity index (χ1) is 12.7. The number of nitrogens with zero attached hydrogens (tertiary/aromatic N) is 3. The van der Waals surface area contributed by atoms with Crippen molar-refractivity contribution in [2.24, 2.45) is 5.92 Å². The quantitative estimate of drug-likeness (QED) is 0.782. The van der Waals surface area contributed by atoms with Crippen LogP contribution in [-0.2, 0) is 11.3 Å². The Hall–Kier alpha value is -1.39. The SMILES string of the molecule is CN(C[C@H]1CCN(Cc2ccccc2)C1)C(=O)CN1CCCCCCC1. The van der Waals surface area contributed by atoms with Gasteiger partial charge in [-0.1, -0.05) is 49.6 Å². The second-order valence-electron chi connectivity index (χ2n) is 8.19. The molecule has 0 aliphatic carbocycles. The molecule has 0 spiro atoms. The Labute approximate surface area is 159 Å². The van der Waals surface area contributed by atoms with Gasteiger partial charge in [0.05, 0.1) is 6.54 Å². The first kappa shape index (κ1) is 19.4. The van der Waals surface area contributed by atoms with E-state index in [4.69, 9.17) is 0 Å². The molecule has 2 aliphatic heterocycles. The first-order valence-electron chi connectivity index (χ1n) is 10.4. The summed E-state index contributed by atoms with van der Waals surface area (Å²) in [5, 5.41) is 0. The van der Waals surface area contributed by atoms with Crippen molar-refractivity contribution in [3.8, 4) is 0 Å². The summed E-state index contributed by atoms with van der Waals surface area (Å²) in [5.74, 6) is 0.909. The van der Waals surface area contributed by atoms with Gasteiger partial charge in [0, 0.05) is 26.7 Å². The van der Waals surface area contributed by atoms with E-state index in [1.54, 1.807) is 0 Å². The summed E-state index contributed by atoms with van der Waals surface area (Å²) < 4.78 is 0. The van der Waals surface area contributed by atoms with E-state index in [0.717, 1.165) is 39.3 Å². The number of hydrogen-bond donors (Lipinski definition) is 0. The molecule has 2 fully saturated rings. The lowest BCUT2D eigenvalue weighted by Crippen LogP contribution is -2.41. The number of carbonyl (C=O) groups is 1. The standard InChI is InChI=1S/C22H35N3O/c1-23(22(26)19-24-13-8-3-2-4-9-14-24)16-21-12-15-25(18-21)17-20-10-6-5-7-11-20/h5-7,10-11,21H,2-4,8-9,12-19H2,1H3/t21-/m1/s1. The Morgan fingerprint density at radius 2 is 1.69 bits per heavy atom. The second kappa shape index (κ2) is 10.1. The Balaban J connectivity index is 1.40. The summed E-state index contributed by atoms with van der Waals surface area (Å²) in [7, 11) is 1.99. The molecule has 2 heterocycles. The van der Waals surface area contributed by atoms with Crippen molar-refractivity contribution in [2.75, 3.05) is 46.3 Å². The number of likely N-dealkylation sites (tertiary alicyclic amines) is 2. The first-order valence-corrected chi connectivity index (χ1v) is 10.4. The minimum Gasteiger partial charge on any atom is -0.344 e. The summed E-state index contributed by atoms with van der Waals surface area (Å²) in [6.07, 6.45) is 7.69. The zero-order valence-electron chi connectivity index (χ0n) is 16.4. The molecule has 0 unspecified atom stereocenters. The van der Waals surface area contributed by atoms with E-state index >= 15 is 0 Å². The number of hydrogen-bond acceptors (Lipinski definition) is 3. The van der Waals surface area contributed by atoms with Crippen molar-refractivity contribution in [1.82, 2.24) is 14.7 Å². The highest BCUT2D eigenvalue weighted by molar-refractivity contribution is 5.78. The third-order valence-corrected chi connectivity index (χ3v) is 5.88. The van der Waals surface area contributed by atoms with Crippen molar-refractivity contribution in [3.05, 3.63) is 35.9 Å². The van der Waals surface area contributed by atoms with E-state index in [9.17, 15) is 4.79 Å². The number of amides is 1. The van der Waals surface area contributed by atoms with E-state index in [2.05, 4.69) is 40.1 Å². The monoisotopic (exact) mass is 357 g/mol. The third-order valence-electron chi connectivity index (χ3n) is 5.88. The Bertz CT molecular complexity index is 540. The minimum absolute atomic E-state index is 0.298. The Morgan fingerprint density at radius 3 is 2.42 bits per heavy atom. The topological polar surface area (TPSA) is 26.8 Å². The van der Waals surface area contributed by atoms with Crippen molar-refractivity contribution >= 4 is 5.91 Å². The van der Waals surface area contributed by atoms with Gasteiger partial charge in [-0.3, -0.25) is 14.6 Å². The fraction of sp³-hybridized carbons (Fsp3) is 0.682. The second-order valence-corrected chi connectivity index (χ2v) is 8.19. The predicted octanol–water partition coefficient (Wildman–Crippen LogP) is 3.23. The minimum atomic E-state index is 0.298. The summed E-state index contributed by atoms with van der Waals surface area (Å²) in [5.41, 5.74) is 1.38. The zero-order valence-corrected chi connectivity index (χ0v) is 16.4. The highest BCUT2D eigenvalue weighted by atomic mass is 16.2. The van der Waals surface area contributed by atoms with E-state index in [1.807, 2.05) is 11.9 Å². The molecule has 0 radical (unpaired) electrons.